The summed E-state index contributed by atoms with van der Waals surface area (Å²) >= 11 is 3.43. The molecule has 2 aliphatic heterocycles. The van der Waals surface area contributed by atoms with E-state index >= 15 is 0 Å². The average molecular weight is 572 g/mol. The predicted octanol–water partition coefficient (Wildman–Crippen LogP) is 6.12. The standard InChI is InChI=1S/C27H25BrF3N5O/c28-20-7-3-17(4-8-20)23-16-36(25(37)13-24(23)32)22-9-11-35(12-10-22)15-21-14-33-26(34-21)18-1-5-19(6-2-18)27(29,30)31/h1-8,14,16,22,32H,9-13,15H2,(H,33,34). The Morgan fingerprint density at radius 3 is 2.32 bits per heavy atom. The number of piperidine rings is 1. The van der Waals surface area contributed by atoms with Gasteiger partial charge in [-0.2, -0.15) is 13.2 Å². The number of carbonyl (C=O) groups is 1. The van der Waals surface area contributed by atoms with E-state index in [2.05, 4.69) is 30.8 Å². The molecular formula is C27H25BrF3N5O. The van der Waals surface area contributed by atoms with Gasteiger partial charge in [-0.1, -0.05) is 40.2 Å². The Bertz CT molecular complexity index is 1320. The van der Waals surface area contributed by atoms with Crippen LogP contribution in [0.3, 0.4) is 0 Å². The molecule has 1 saturated heterocycles. The van der Waals surface area contributed by atoms with Crippen molar-refractivity contribution in [3.05, 3.63) is 82.2 Å². The summed E-state index contributed by atoms with van der Waals surface area (Å²) in [5.74, 6) is 0.490. The number of hydrogen-bond donors (Lipinski definition) is 2. The fraction of sp³-hybridized carbons (Fsp3) is 0.296. The molecule has 192 valence electrons. The molecule has 0 atom stereocenters. The highest BCUT2D eigenvalue weighted by Gasteiger charge is 2.32. The van der Waals surface area contributed by atoms with Gasteiger partial charge < -0.3 is 15.3 Å². The maximum absolute atomic E-state index is 12.8. The Hall–Kier alpha value is -3.24. The van der Waals surface area contributed by atoms with Gasteiger partial charge in [-0.25, -0.2) is 4.98 Å². The van der Waals surface area contributed by atoms with Crippen molar-refractivity contribution in [3.63, 3.8) is 0 Å². The smallest absolute Gasteiger partial charge is 0.341 e. The van der Waals surface area contributed by atoms with Crippen LogP contribution in [-0.4, -0.2) is 50.5 Å². The number of aromatic nitrogens is 2. The van der Waals surface area contributed by atoms with Crippen molar-refractivity contribution in [3.8, 4) is 11.4 Å². The molecule has 2 aliphatic rings. The lowest BCUT2D eigenvalue weighted by Gasteiger charge is -2.38. The zero-order valence-electron chi connectivity index (χ0n) is 19.9. The van der Waals surface area contributed by atoms with Crippen molar-refractivity contribution >= 4 is 33.1 Å². The number of H-pyrrole nitrogens is 1. The number of alkyl halides is 3. The number of amides is 1. The summed E-state index contributed by atoms with van der Waals surface area (Å²) in [7, 11) is 0. The fourth-order valence-corrected chi connectivity index (χ4v) is 5.08. The molecule has 0 bridgehead atoms. The number of nitrogens with zero attached hydrogens (tertiary/aromatic N) is 3. The first-order chi connectivity index (χ1) is 17.7. The van der Waals surface area contributed by atoms with Crippen molar-refractivity contribution in [1.29, 1.82) is 5.41 Å². The van der Waals surface area contributed by atoms with Crippen LogP contribution in [-0.2, 0) is 17.5 Å². The highest BCUT2D eigenvalue weighted by atomic mass is 79.9. The number of likely N-dealkylation sites (tertiary alicyclic amines) is 1. The number of carbonyl (C=O) groups excluding carboxylic acids is 1. The number of nitrogens with one attached hydrogen (secondary N) is 2. The molecule has 0 aliphatic carbocycles. The number of hydrogen-bond acceptors (Lipinski definition) is 4. The highest BCUT2D eigenvalue weighted by Crippen LogP contribution is 2.31. The molecule has 0 unspecified atom stereocenters. The number of benzene rings is 2. The second kappa shape index (κ2) is 10.3. The molecule has 1 fully saturated rings. The summed E-state index contributed by atoms with van der Waals surface area (Å²) in [5.41, 5.74) is 2.83. The lowest BCUT2D eigenvalue weighted by Crippen LogP contribution is -2.46. The Morgan fingerprint density at radius 1 is 1.03 bits per heavy atom. The minimum atomic E-state index is -4.37. The largest absolute Gasteiger partial charge is 0.416 e. The van der Waals surface area contributed by atoms with Gasteiger partial charge >= 0.3 is 6.18 Å². The molecule has 0 spiro atoms. The second-order valence-electron chi connectivity index (χ2n) is 9.35. The molecule has 6 nitrogen and oxygen atoms in total. The first kappa shape index (κ1) is 25.4. The summed E-state index contributed by atoms with van der Waals surface area (Å²) in [4.78, 5) is 24.4. The molecule has 0 radical (unpaired) electrons. The molecule has 37 heavy (non-hydrogen) atoms. The van der Waals surface area contributed by atoms with Gasteiger partial charge in [-0.15, -0.1) is 0 Å². The van der Waals surface area contributed by atoms with Crippen molar-refractivity contribution in [2.75, 3.05) is 13.1 Å². The van der Waals surface area contributed by atoms with E-state index in [0.29, 0.717) is 23.6 Å². The molecule has 10 heteroatoms. The second-order valence-corrected chi connectivity index (χ2v) is 10.3. The quantitative estimate of drug-likeness (QED) is 0.387. The van der Waals surface area contributed by atoms with Crippen LogP contribution in [0.4, 0.5) is 13.2 Å². The van der Waals surface area contributed by atoms with Crippen LogP contribution in [0.5, 0.6) is 0 Å². The summed E-state index contributed by atoms with van der Waals surface area (Å²) < 4.78 is 39.4. The van der Waals surface area contributed by atoms with Gasteiger partial charge in [0.15, 0.2) is 0 Å². The number of allylic oxidation sites excluding steroid dienone is 1. The van der Waals surface area contributed by atoms with E-state index in [4.69, 9.17) is 5.41 Å². The number of rotatable bonds is 5. The van der Waals surface area contributed by atoms with E-state index in [0.717, 1.165) is 59.4 Å². The Labute approximate surface area is 220 Å². The number of aromatic amines is 1. The summed E-state index contributed by atoms with van der Waals surface area (Å²) in [5, 5.41) is 8.34. The molecule has 2 N–H and O–H groups in total. The highest BCUT2D eigenvalue weighted by molar-refractivity contribution is 9.10. The summed E-state index contributed by atoms with van der Waals surface area (Å²) in [6.45, 7) is 2.23. The van der Waals surface area contributed by atoms with Crippen LogP contribution < -0.4 is 0 Å². The maximum Gasteiger partial charge on any atom is 0.416 e. The lowest BCUT2D eigenvalue weighted by atomic mass is 9.94. The van der Waals surface area contributed by atoms with Crippen molar-refractivity contribution in [2.24, 2.45) is 0 Å². The number of imidazole rings is 1. The van der Waals surface area contributed by atoms with Crippen molar-refractivity contribution < 1.29 is 18.0 Å². The number of halogens is 4. The Morgan fingerprint density at radius 2 is 1.68 bits per heavy atom. The van der Waals surface area contributed by atoms with Crippen molar-refractivity contribution in [2.45, 2.75) is 38.0 Å². The first-order valence-electron chi connectivity index (χ1n) is 12.0. The van der Waals surface area contributed by atoms with E-state index in [9.17, 15) is 18.0 Å². The van der Waals surface area contributed by atoms with Crippen LogP contribution in [0.25, 0.3) is 17.0 Å². The third-order valence-corrected chi connectivity index (χ3v) is 7.35. The molecule has 0 saturated carbocycles. The van der Waals surface area contributed by atoms with Gasteiger partial charge in [-0.3, -0.25) is 9.69 Å². The first-order valence-corrected chi connectivity index (χ1v) is 12.8. The van der Waals surface area contributed by atoms with E-state index < -0.39 is 11.7 Å². The van der Waals surface area contributed by atoms with Gasteiger partial charge in [0, 0.05) is 65.1 Å². The normalized spacial score (nSPS) is 17.8. The van der Waals surface area contributed by atoms with E-state index in [1.165, 1.54) is 12.1 Å². The molecule has 5 rings (SSSR count). The average Bonchev–Trinajstić information content (AvgIpc) is 3.34. The van der Waals surface area contributed by atoms with E-state index in [1.54, 1.807) is 6.20 Å². The molecular weight excluding hydrogens is 547 g/mol. The van der Waals surface area contributed by atoms with Gasteiger partial charge in [0.2, 0.25) is 5.91 Å². The molecule has 3 heterocycles. The van der Waals surface area contributed by atoms with Crippen LogP contribution in [0.2, 0.25) is 0 Å². The van der Waals surface area contributed by atoms with Crippen LogP contribution >= 0.6 is 15.9 Å². The predicted molar refractivity (Wildman–Crippen MR) is 139 cm³/mol. The maximum atomic E-state index is 12.8. The van der Waals surface area contributed by atoms with Gasteiger partial charge in [0.25, 0.3) is 0 Å². The zero-order valence-corrected chi connectivity index (χ0v) is 21.4. The summed E-state index contributed by atoms with van der Waals surface area (Å²) in [6, 6.07) is 12.8. The fourth-order valence-electron chi connectivity index (χ4n) is 4.81. The minimum absolute atomic E-state index is 0.0425. The topological polar surface area (TPSA) is 76.1 Å². The SMILES string of the molecule is N=C1CC(=O)N(C2CCN(Cc3cnc(-c4ccc(C(F)(F)F)cc4)[nH]3)CC2)C=C1c1ccc(Br)cc1. The van der Waals surface area contributed by atoms with Crippen LogP contribution in [0.15, 0.2) is 65.4 Å². The molecule has 1 amide bonds. The Kier molecular flexibility index (Phi) is 7.04. The zero-order chi connectivity index (χ0) is 26.2. The van der Waals surface area contributed by atoms with E-state index in [1.807, 2.05) is 35.4 Å². The van der Waals surface area contributed by atoms with Gasteiger partial charge in [0.05, 0.1) is 12.0 Å². The molecule has 1 aromatic heterocycles. The monoisotopic (exact) mass is 571 g/mol. The molecule has 3 aromatic rings. The third-order valence-electron chi connectivity index (χ3n) is 6.82. The van der Waals surface area contributed by atoms with Crippen molar-refractivity contribution in [1.82, 2.24) is 19.8 Å². The van der Waals surface area contributed by atoms with Crippen LogP contribution in [0.1, 0.15) is 36.1 Å². The van der Waals surface area contributed by atoms with Gasteiger partial charge in [0.1, 0.15) is 5.82 Å². The summed E-state index contributed by atoms with van der Waals surface area (Å²) in [6.07, 6.45) is 0.903. The Balaban J connectivity index is 1.21. The van der Waals surface area contributed by atoms with Gasteiger partial charge in [-0.05, 0) is 42.7 Å². The molecule has 2 aromatic carbocycles. The van der Waals surface area contributed by atoms with Crippen LogP contribution in [0, 0.1) is 5.41 Å². The van der Waals surface area contributed by atoms with E-state index in [-0.39, 0.29) is 18.4 Å². The lowest BCUT2D eigenvalue weighted by molar-refractivity contribution is -0.137. The minimum Gasteiger partial charge on any atom is -0.341 e. The third kappa shape index (κ3) is 5.70.